The summed E-state index contributed by atoms with van der Waals surface area (Å²) in [6, 6.07) is 3.84. The lowest BCUT2D eigenvalue weighted by molar-refractivity contribution is -0.310. The average molecular weight is 389 g/mol. The topological polar surface area (TPSA) is 60.4 Å². The second kappa shape index (κ2) is 7.66. The monoisotopic (exact) mass is 388 g/mol. The Morgan fingerprint density at radius 2 is 2.17 bits per heavy atom. The van der Waals surface area contributed by atoms with Crippen molar-refractivity contribution in [2.75, 3.05) is 0 Å². The lowest BCUT2D eigenvalue weighted by atomic mass is 10.1. The van der Waals surface area contributed by atoms with Gasteiger partial charge in [-0.1, -0.05) is 66.6 Å². The first-order valence-corrected chi connectivity index (χ1v) is 8.76. The van der Waals surface area contributed by atoms with E-state index in [0.717, 1.165) is 16.7 Å². The minimum absolute atomic E-state index is 0.203. The number of carbonyl (C=O) groups is 2. The van der Waals surface area contributed by atoms with Crippen LogP contribution in [0.5, 0.6) is 0 Å². The summed E-state index contributed by atoms with van der Waals surface area (Å²) in [6.07, 6.45) is 2.46. The number of thiocarbonyl (C=S) groups is 1. The highest BCUT2D eigenvalue weighted by atomic mass is 35.5. The second-order valence-corrected chi connectivity index (χ2v) is 7.36. The fraction of sp³-hybridized carbons (Fsp3) is 0.267. The summed E-state index contributed by atoms with van der Waals surface area (Å²) >= 11 is 18.1. The van der Waals surface area contributed by atoms with Gasteiger partial charge in [-0.3, -0.25) is 9.69 Å². The van der Waals surface area contributed by atoms with E-state index in [2.05, 4.69) is 0 Å². The van der Waals surface area contributed by atoms with Crippen LogP contribution in [0.4, 0.5) is 0 Å². The fourth-order valence-corrected chi connectivity index (χ4v) is 3.94. The normalized spacial score (nSPS) is 17.9. The number of nitrogens with zero attached hydrogens (tertiary/aromatic N) is 1. The second-order valence-electron chi connectivity index (χ2n) is 4.84. The summed E-state index contributed by atoms with van der Waals surface area (Å²) in [4.78, 5) is 25.2. The first-order valence-electron chi connectivity index (χ1n) is 6.78. The van der Waals surface area contributed by atoms with Gasteiger partial charge in [-0.15, -0.1) is 0 Å². The van der Waals surface area contributed by atoms with Crippen molar-refractivity contribution in [3.63, 3.8) is 0 Å². The summed E-state index contributed by atoms with van der Waals surface area (Å²) in [5, 5.41) is 12.2. The molecule has 0 radical (unpaired) electrons. The van der Waals surface area contributed by atoms with E-state index in [1.165, 1.54) is 0 Å². The van der Waals surface area contributed by atoms with Crippen LogP contribution in [-0.2, 0) is 9.59 Å². The lowest BCUT2D eigenvalue weighted by Gasteiger charge is -2.27. The Kier molecular flexibility index (Phi) is 6.08. The summed E-state index contributed by atoms with van der Waals surface area (Å²) in [6.45, 7) is 1.83. The Balaban J connectivity index is 2.33. The van der Waals surface area contributed by atoms with Crippen LogP contribution >= 0.6 is 47.2 Å². The number of amides is 1. The van der Waals surface area contributed by atoms with Crippen molar-refractivity contribution in [2.24, 2.45) is 0 Å². The highest BCUT2D eigenvalue weighted by molar-refractivity contribution is 8.26. The summed E-state index contributed by atoms with van der Waals surface area (Å²) in [7, 11) is 0. The molecule has 0 N–H and O–H groups in total. The molecule has 0 aromatic heterocycles. The van der Waals surface area contributed by atoms with Crippen molar-refractivity contribution < 1.29 is 14.7 Å². The number of hydrogen-bond donors (Lipinski definition) is 0. The zero-order valence-electron chi connectivity index (χ0n) is 12.0. The van der Waals surface area contributed by atoms with Crippen LogP contribution in [0.15, 0.2) is 23.1 Å². The number of benzene rings is 1. The predicted octanol–water partition coefficient (Wildman–Crippen LogP) is 3.11. The molecule has 8 heteroatoms. The molecule has 1 heterocycles. The van der Waals surface area contributed by atoms with Crippen LogP contribution in [0, 0.1) is 0 Å². The van der Waals surface area contributed by atoms with Gasteiger partial charge in [0.1, 0.15) is 4.32 Å². The van der Waals surface area contributed by atoms with Gasteiger partial charge in [-0.2, -0.15) is 0 Å². The maximum absolute atomic E-state index is 12.5. The maximum Gasteiger partial charge on any atom is 0.266 e. The van der Waals surface area contributed by atoms with Gasteiger partial charge in [0.25, 0.3) is 5.91 Å². The van der Waals surface area contributed by atoms with Crippen LogP contribution in [0.25, 0.3) is 6.08 Å². The van der Waals surface area contributed by atoms with Crippen molar-refractivity contribution >= 4 is 69.5 Å². The van der Waals surface area contributed by atoms with Crippen LogP contribution in [0.3, 0.4) is 0 Å². The molecule has 1 aliphatic rings. The Labute approximate surface area is 153 Å². The van der Waals surface area contributed by atoms with Crippen molar-refractivity contribution in [1.29, 1.82) is 0 Å². The van der Waals surface area contributed by atoms with E-state index in [0.29, 0.717) is 26.9 Å². The molecular formula is C15H12Cl2NO3S2-. The van der Waals surface area contributed by atoms with E-state index in [4.69, 9.17) is 35.4 Å². The number of thioether (sulfide) groups is 1. The SMILES string of the molecule is CCC[C@@H](C(=O)[O-])N1C(=O)/C(=C/c2ccc(Cl)cc2Cl)SC1=S. The van der Waals surface area contributed by atoms with E-state index >= 15 is 0 Å². The van der Waals surface area contributed by atoms with Gasteiger partial charge in [0.2, 0.25) is 0 Å². The van der Waals surface area contributed by atoms with Crippen LogP contribution < -0.4 is 5.11 Å². The molecular weight excluding hydrogens is 377 g/mol. The molecule has 0 bridgehead atoms. The summed E-state index contributed by atoms with van der Waals surface area (Å²) < 4.78 is 0.203. The Morgan fingerprint density at radius 3 is 2.74 bits per heavy atom. The Bertz CT molecular complexity index is 706. The van der Waals surface area contributed by atoms with Gasteiger partial charge in [0.15, 0.2) is 0 Å². The third kappa shape index (κ3) is 4.07. The molecule has 1 atom stereocenters. The number of carboxylic acid groups (broad SMARTS) is 1. The Hall–Kier alpha value is -1.08. The molecule has 0 aliphatic carbocycles. The highest BCUT2D eigenvalue weighted by Crippen LogP contribution is 2.36. The number of rotatable bonds is 5. The fourth-order valence-electron chi connectivity index (χ4n) is 2.13. The van der Waals surface area contributed by atoms with Gasteiger partial charge >= 0.3 is 0 Å². The van der Waals surface area contributed by atoms with Crippen molar-refractivity contribution in [3.05, 3.63) is 38.7 Å². The van der Waals surface area contributed by atoms with Gasteiger partial charge in [-0.25, -0.2) is 0 Å². The molecule has 23 heavy (non-hydrogen) atoms. The molecule has 1 aliphatic heterocycles. The standard InChI is InChI=1S/C15H13Cl2NO3S2/c1-2-3-11(14(20)21)18-13(19)12(23-15(18)22)6-8-4-5-9(16)7-10(8)17/h4-7,11H,2-3H2,1H3,(H,20,21)/p-1/b12-6-/t11-/m0/s1. The van der Waals surface area contributed by atoms with E-state index in [1.54, 1.807) is 24.3 Å². The third-order valence-electron chi connectivity index (χ3n) is 3.22. The van der Waals surface area contributed by atoms with E-state index < -0.39 is 17.9 Å². The minimum Gasteiger partial charge on any atom is -0.548 e. The van der Waals surface area contributed by atoms with Crippen LogP contribution in [0.2, 0.25) is 10.0 Å². The predicted molar refractivity (Wildman–Crippen MR) is 95.2 cm³/mol. The van der Waals surface area contributed by atoms with Crippen LogP contribution in [0.1, 0.15) is 25.3 Å². The first kappa shape index (κ1) is 18.3. The zero-order chi connectivity index (χ0) is 17.1. The highest BCUT2D eigenvalue weighted by Gasteiger charge is 2.37. The lowest BCUT2D eigenvalue weighted by Crippen LogP contribution is -2.49. The van der Waals surface area contributed by atoms with E-state index in [9.17, 15) is 14.7 Å². The molecule has 4 nitrogen and oxygen atoms in total. The van der Waals surface area contributed by atoms with Crippen molar-refractivity contribution in [3.8, 4) is 0 Å². The molecule has 122 valence electrons. The van der Waals surface area contributed by atoms with Gasteiger partial charge in [-0.05, 0) is 30.2 Å². The number of carboxylic acids is 1. The molecule has 1 aromatic rings. The van der Waals surface area contributed by atoms with E-state index in [-0.39, 0.29) is 10.7 Å². The summed E-state index contributed by atoms with van der Waals surface area (Å²) in [5.41, 5.74) is 0.608. The van der Waals surface area contributed by atoms with Crippen LogP contribution in [-0.4, -0.2) is 27.1 Å². The molecule has 0 spiro atoms. The van der Waals surface area contributed by atoms with Crippen molar-refractivity contribution in [2.45, 2.75) is 25.8 Å². The molecule has 1 fully saturated rings. The zero-order valence-corrected chi connectivity index (χ0v) is 15.2. The molecule has 0 unspecified atom stereocenters. The number of aliphatic carboxylic acids is 1. The molecule has 2 rings (SSSR count). The quantitative estimate of drug-likeness (QED) is 0.572. The average Bonchev–Trinajstić information content (AvgIpc) is 2.74. The number of hydrogen-bond acceptors (Lipinski definition) is 5. The summed E-state index contributed by atoms with van der Waals surface area (Å²) in [5.74, 6) is -1.76. The largest absolute Gasteiger partial charge is 0.548 e. The van der Waals surface area contributed by atoms with Gasteiger partial charge < -0.3 is 9.90 Å². The first-order chi connectivity index (χ1) is 10.8. The smallest absolute Gasteiger partial charge is 0.266 e. The van der Waals surface area contributed by atoms with Gasteiger partial charge in [0, 0.05) is 10.0 Å². The van der Waals surface area contributed by atoms with E-state index in [1.807, 2.05) is 6.92 Å². The Morgan fingerprint density at radius 1 is 1.48 bits per heavy atom. The molecule has 1 amide bonds. The number of halogens is 2. The molecule has 1 saturated heterocycles. The van der Waals surface area contributed by atoms with Crippen molar-refractivity contribution in [1.82, 2.24) is 4.90 Å². The number of carbonyl (C=O) groups excluding carboxylic acids is 2. The minimum atomic E-state index is -1.31. The molecule has 1 aromatic carbocycles. The third-order valence-corrected chi connectivity index (χ3v) is 5.11. The molecule has 0 saturated carbocycles. The maximum atomic E-state index is 12.5. The van der Waals surface area contributed by atoms with Gasteiger partial charge in [0.05, 0.1) is 16.9 Å².